The number of hydrogen-bond donors (Lipinski definition) is 4. The molecule has 0 unspecified atom stereocenters. The van der Waals surface area contributed by atoms with Crippen molar-refractivity contribution in [2.24, 2.45) is 0 Å². The van der Waals surface area contributed by atoms with Crippen molar-refractivity contribution < 1.29 is 18.1 Å². The van der Waals surface area contributed by atoms with Crippen LogP contribution in [0.4, 0.5) is 0 Å². The molecule has 1 aliphatic rings. The molecule has 6 N–H and O–H groups in total. The van der Waals surface area contributed by atoms with Gasteiger partial charge in [0.25, 0.3) is 10.1 Å². The monoisotopic (exact) mass is 257 g/mol. The van der Waals surface area contributed by atoms with Crippen molar-refractivity contribution in [2.75, 3.05) is 45.1 Å². The molecule has 7 nitrogen and oxygen atoms in total. The molecule has 1 saturated heterocycles. The highest BCUT2D eigenvalue weighted by atomic mass is 32.2. The minimum absolute atomic E-state index is 0. The van der Waals surface area contributed by atoms with Gasteiger partial charge in [0.15, 0.2) is 0 Å². The second kappa shape index (κ2) is 9.94. The Morgan fingerprint density at radius 2 is 1.75 bits per heavy atom. The molecule has 0 aromatic heterocycles. The van der Waals surface area contributed by atoms with E-state index >= 15 is 0 Å². The van der Waals surface area contributed by atoms with Gasteiger partial charge in [-0.05, 0) is 6.92 Å². The number of aliphatic hydroxyl groups excluding tert-OH is 1. The summed E-state index contributed by atoms with van der Waals surface area (Å²) in [6.07, 6.45) is 0. The van der Waals surface area contributed by atoms with Gasteiger partial charge in [0.1, 0.15) is 0 Å². The molecule has 0 aliphatic carbocycles. The maximum atomic E-state index is 9.56. The van der Waals surface area contributed by atoms with Crippen LogP contribution in [0.1, 0.15) is 6.92 Å². The highest BCUT2D eigenvalue weighted by Gasteiger charge is 2.06. The van der Waals surface area contributed by atoms with Gasteiger partial charge < -0.3 is 16.6 Å². The Bertz CT molecular complexity index is 237. The van der Waals surface area contributed by atoms with Gasteiger partial charge >= 0.3 is 0 Å². The summed E-state index contributed by atoms with van der Waals surface area (Å²) < 4.78 is 26.9. The minimum Gasteiger partial charge on any atom is -0.395 e. The maximum absolute atomic E-state index is 9.56. The van der Waals surface area contributed by atoms with Crippen molar-refractivity contribution in [3.63, 3.8) is 0 Å². The van der Waals surface area contributed by atoms with Gasteiger partial charge in [0.05, 0.1) is 12.4 Å². The lowest BCUT2D eigenvalue weighted by molar-refractivity contribution is 0.180. The number of nitrogens with one attached hydrogen (secondary N) is 1. The summed E-state index contributed by atoms with van der Waals surface area (Å²) in [6, 6.07) is 0. The van der Waals surface area contributed by atoms with Gasteiger partial charge in [0, 0.05) is 32.7 Å². The quantitative estimate of drug-likeness (QED) is 0.475. The Morgan fingerprint density at radius 3 is 2.06 bits per heavy atom. The summed E-state index contributed by atoms with van der Waals surface area (Å²) in [5, 5.41) is 11.8. The third-order valence-corrected chi connectivity index (χ3v) is 2.72. The summed E-state index contributed by atoms with van der Waals surface area (Å²) in [4.78, 5) is 2.26. The first-order chi connectivity index (χ1) is 6.99. The molecule has 0 saturated carbocycles. The Morgan fingerprint density at radius 1 is 1.31 bits per heavy atom. The molecule has 0 bridgehead atoms. The first kappa shape index (κ1) is 18.1. The van der Waals surface area contributed by atoms with E-state index in [0.717, 1.165) is 32.7 Å². The number of piperazine rings is 1. The standard InChI is InChI=1S/C6H14N2O.C2H6O3S.H3N/c9-6-5-8-3-1-7-2-4-8;1-2-6(3,4)5;/h7,9H,1-6H2;2H2,1H3,(H,3,4,5);1H3. The lowest BCUT2D eigenvalue weighted by atomic mass is 10.4. The van der Waals surface area contributed by atoms with Gasteiger partial charge in [-0.3, -0.25) is 9.45 Å². The van der Waals surface area contributed by atoms with Crippen molar-refractivity contribution in [1.82, 2.24) is 16.4 Å². The van der Waals surface area contributed by atoms with Crippen molar-refractivity contribution in [3.05, 3.63) is 0 Å². The first-order valence-electron chi connectivity index (χ1n) is 4.98. The maximum Gasteiger partial charge on any atom is 0.264 e. The van der Waals surface area contributed by atoms with Crippen LogP contribution in [0.25, 0.3) is 0 Å². The van der Waals surface area contributed by atoms with Crippen LogP contribution < -0.4 is 11.5 Å². The summed E-state index contributed by atoms with van der Waals surface area (Å²) in [7, 11) is -3.66. The van der Waals surface area contributed by atoms with Crippen LogP contribution in [0.5, 0.6) is 0 Å². The topological polar surface area (TPSA) is 125 Å². The summed E-state index contributed by atoms with van der Waals surface area (Å²) in [5.41, 5.74) is 0. The molecule has 0 atom stereocenters. The van der Waals surface area contributed by atoms with Crippen LogP contribution in [-0.2, 0) is 10.1 Å². The van der Waals surface area contributed by atoms with Crippen molar-refractivity contribution >= 4 is 10.1 Å². The van der Waals surface area contributed by atoms with Gasteiger partial charge in [0.2, 0.25) is 0 Å². The van der Waals surface area contributed by atoms with Crippen molar-refractivity contribution in [2.45, 2.75) is 6.92 Å². The second-order valence-corrected chi connectivity index (χ2v) is 4.93. The molecular weight excluding hydrogens is 234 g/mol. The summed E-state index contributed by atoms with van der Waals surface area (Å²) in [5.74, 6) is -0.201. The number of aliphatic hydroxyl groups is 1. The van der Waals surface area contributed by atoms with Crippen LogP contribution >= 0.6 is 0 Å². The van der Waals surface area contributed by atoms with Gasteiger partial charge in [-0.1, -0.05) is 0 Å². The lowest BCUT2D eigenvalue weighted by Gasteiger charge is -2.25. The predicted molar refractivity (Wildman–Crippen MR) is 63.5 cm³/mol. The summed E-state index contributed by atoms with van der Waals surface area (Å²) in [6.45, 7) is 6.80. The minimum atomic E-state index is -3.66. The molecule has 8 heteroatoms. The van der Waals surface area contributed by atoms with Crippen LogP contribution in [0.2, 0.25) is 0 Å². The fraction of sp³-hybridized carbons (Fsp3) is 1.00. The van der Waals surface area contributed by atoms with Gasteiger partial charge in [-0.15, -0.1) is 0 Å². The molecule has 0 spiro atoms. The fourth-order valence-electron chi connectivity index (χ4n) is 1.08. The Kier molecular flexibility index (Phi) is 11.3. The molecule has 16 heavy (non-hydrogen) atoms. The van der Waals surface area contributed by atoms with E-state index in [1.165, 1.54) is 6.92 Å². The smallest absolute Gasteiger partial charge is 0.264 e. The molecule has 1 aliphatic heterocycles. The van der Waals surface area contributed by atoms with E-state index in [4.69, 9.17) is 9.66 Å². The molecule has 1 heterocycles. The van der Waals surface area contributed by atoms with Crippen LogP contribution in [-0.4, -0.2) is 68.1 Å². The van der Waals surface area contributed by atoms with E-state index in [1.807, 2.05) is 0 Å². The molecular formula is C8H23N3O4S. The normalized spacial score (nSPS) is 16.9. The van der Waals surface area contributed by atoms with Gasteiger partial charge in [-0.2, -0.15) is 8.42 Å². The predicted octanol–water partition coefficient (Wildman–Crippen LogP) is -1.06. The molecule has 0 radical (unpaired) electrons. The second-order valence-electron chi connectivity index (χ2n) is 3.19. The average Bonchev–Trinajstić information content (AvgIpc) is 2.20. The zero-order chi connectivity index (χ0) is 11.7. The molecule has 1 rings (SSSR count). The Hall–Kier alpha value is -0.250. The third kappa shape index (κ3) is 11.8. The van der Waals surface area contributed by atoms with E-state index in [9.17, 15) is 8.42 Å². The van der Waals surface area contributed by atoms with E-state index in [0.29, 0.717) is 6.61 Å². The number of hydrogen-bond acceptors (Lipinski definition) is 6. The average molecular weight is 257 g/mol. The number of nitrogens with zero attached hydrogens (tertiary/aromatic N) is 1. The SMILES string of the molecule is CCS(=O)(=O)O.N.OCCN1CCNCC1. The Labute approximate surface area is 97.2 Å². The largest absolute Gasteiger partial charge is 0.395 e. The van der Waals surface area contributed by atoms with Gasteiger partial charge in [-0.25, -0.2) is 0 Å². The van der Waals surface area contributed by atoms with Crippen molar-refractivity contribution in [3.8, 4) is 0 Å². The zero-order valence-corrected chi connectivity index (χ0v) is 10.5. The van der Waals surface area contributed by atoms with Crippen molar-refractivity contribution in [1.29, 1.82) is 0 Å². The van der Waals surface area contributed by atoms with Crippen LogP contribution in [0.15, 0.2) is 0 Å². The highest BCUT2D eigenvalue weighted by Crippen LogP contribution is 1.88. The highest BCUT2D eigenvalue weighted by molar-refractivity contribution is 7.85. The molecule has 0 amide bonds. The molecule has 0 aromatic rings. The lowest BCUT2D eigenvalue weighted by Crippen LogP contribution is -2.44. The molecule has 1 fully saturated rings. The van der Waals surface area contributed by atoms with E-state index in [1.54, 1.807) is 0 Å². The molecule has 0 aromatic carbocycles. The third-order valence-electron chi connectivity index (χ3n) is 1.99. The van der Waals surface area contributed by atoms with Crippen LogP contribution in [0, 0.1) is 0 Å². The summed E-state index contributed by atoms with van der Waals surface area (Å²) >= 11 is 0. The number of β-amino-alcohol motifs (C(OH)–C–C–N with tert-alkyl or cyclic N) is 1. The Balaban J connectivity index is 0. The van der Waals surface area contributed by atoms with E-state index in [2.05, 4.69) is 10.2 Å². The zero-order valence-electron chi connectivity index (χ0n) is 9.72. The van der Waals surface area contributed by atoms with E-state index < -0.39 is 10.1 Å². The van der Waals surface area contributed by atoms with E-state index in [-0.39, 0.29) is 11.9 Å². The number of rotatable bonds is 3. The first-order valence-corrected chi connectivity index (χ1v) is 6.59. The fourth-order valence-corrected chi connectivity index (χ4v) is 1.08. The molecule has 100 valence electrons. The van der Waals surface area contributed by atoms with Crippen LogP contribution in [0.3, 0.4) is 0 Å².